The fourth-order valence-corrected chi connectivity index (χ4v) is 2.33. The standard InChI is InChI=1S/C18H24N4O/c1-5-22(6-2)18(23)14-11-16(13-19-12-14)20-15-7-9-17(10-8-15)21(3)4/h7-13,20H,5-6H2,1-4H3. The smallest absolute Gasteiger partial charge is 0.255 e. The Balaban J connectivity index is 2.15. The highest BCUT2D eigenvalue weighted by Crippen LogP contribution is 2.20. The maximum atomic E-state index is 12.4. The van der Waals surface area contributed by atoms with Crippen LogP contribution in [0, 0.1) is 0 Å². The molecule has 0 fully saturated rings. The summed E-state index contributed by atoms with van der Waals surface area (Å²) in [6.45, 7) is 5.34. The van der Waals surface area contributed by atoms with E-state index < -0.39 is 0 Å². The molecule has 1 aromatic heterocycles. The van der Waals surface area contributed by atoms with E-state index in [0.29, 0.717) is 18.7 Å². The van der Waals surface area contributed by atoms with Crippen molar-refractivity contribution in [2.75, 3.05) is 37.4 Å². The van der Waals surface area contributed by atoms with Crippen LogP contribution in [0.1, 0.15) is 24.2 Å². The lowest BCUT2D eigenvalue weighted by molar-refractivity contribution is 0.0772. The molecule has 0 saturated carbocycles. The molecule has 0 aliphatic carbocycles. The largest absolute Gasteiger partial charge is 0.378 e. The third-order valence-corrected chi connectivity index (χ3v) is 3.71. The van der Waals surface area contributed by atoms with Gasteiger partial charge in [-0.3, -0.25) is 9.78 Å². The van der Waals surface area contributed by atoms with Gasteiger partial charge in [0.25, 0.3) is 5.91 Å². The molecule has 1 amide bonds. The molecule has 1 N–H and O–H groups in total. The summed E-state index contributed by atoms with van der Waals surface area (Å²) in [4.78, 5) is 20.4. The first-order chi connectivity index (χ1) is 11.0. The number of benzene rings is 1. The molecule has 0 spiro atoms. The number of nitrogens with zero attached hydrogens (tertiary/aromatic N) is 3. The van der Waals surface area contributed by atoms with Crippen molar-refractivity contribution in [3.63, 3.8) is 0 Å². The number of hydrogen-bond donors (Lipinski definition) is 1. The van der Waals surface area contributed by atoms with Crippen molar-refractivity contribution < 1.29 is 4.79 Å². The first-order valence-electron chi connectivity index (χ1n) is 7.83. The summed E-state index contributed by atoms with van der Waals surface area (Å²) in [6, 6.07) is 9.94. The Morgan fingerprint density at radius 1 is 1.04 bits per heavy atom. The molecule has 0 aliphatic rings. The number of nitrogens with one attached hydrogen (secondary N) is 1. The molecule has 2 aromatic rings. The second-order valence-corrected chi connectivity index (χ2v) is 5.51. The fraction of sp³-hybridized carbons (Fsp3) is 0.333. The molecule has 0 radical (unpaired) electrons. The Labute approximate surface area is 137 Å². The van der Waals surface area contributed by atoms with E-state index in [0.717, 1.165) is 17.1 Å². The van der Waals surface area contributed by atoms with Gasteiger partial charge in [0.1, 0.15) is 0 Å². The van der Waals surface area contributed by atoms with Crippen molar-refractivity contribution in [3.8, 4) is 0 Å². The second kappa shape index (κ2) is 7.63. The fourth-order valence-electron chi connectivity index (χ4n) is 2.33. The molecule has 5 nitrogen and oxygen atoms in total. The maximum Gasteiger partial charge on any atom is 0.255 e. The quantitative estimate of drug-likeness (QED) is 0.888. The second-order valence-electron chi connectivity index (χ2n) is 5.51. The molecule has 1 heterocycles. The van der Waals surface area contributed by atoms with E-state index in [2.05, 4.69) is 15.2 Å². The summed E-state index contributed by atoms with van der Waals surface area (Å²) in [6.07, 6.45) is 3.33. The van der Waals surface area contributed by atoms with Crippen LogP contribution in [-0.2, 0) is 0 Å². The molecule has 0 unspecified atom stereocenters. The number of aromatic nitrogens is 1. The molecular formula is C18H24N4O. The van der Waals surface area contributed by atoms with Crippen LogP contribution in [0.4, 0.5) is 17.1 Å². The Hall–Kier alpha value is -2.56. The highest BCUT2D eigenvalue weighted by atomic mass is 16.2. The third kappa shape index (κ3) is 4.22. The molecule has 0 bridgehead atoms. The van der Waals surface area contributed by atoms with Gasteiger partial charge >= 0.3 is 0 Å². The highest BCUT2D eigenvalue weighted by molar-refractivity contribution is 5.94. The predicted octanol–water partition coefficient (Wildman–Crippen LogP) is 3.37. The van der Waals surface area contributed by atoms with Gasteiger partial charge in [0, 0.05) is 44.8 Å². The van der Waals surface area contributed by atoms with Crippen LogP contribution in [0.25, 0.3) is 0 Å². The molecule has 1 aromatic carbocycles. The van der Waals surface area contributed by atoms with Gasteiger partial charge in [0.15, 0.2) is 0 Å². The topological polar surface area (TPSA) is 48.5 Å². The first kappa shape index (κ1) is 16.8. The van der Waals surface area contributed by atoms with Crippen molar-refractivity contribution >= 4 is 23.0 Å². The molecule has 5 heteroatoms. The van der Waals surface area contributed by atoms with E-state index >= 15 is 0 Å². The molecule has 0 atom stereocenters. The summed E-state index contributed by atoms with van der Waals surface area (Å²) >= 11 is 0. The van der Waals surface area contributed by atoms with Crippen LogP contribution in [0.3, 0.4) is 0 Å². The SMILES string of the molecule is CCN(CC)C(=O)c1cncc(Nc2ccc(N(C)C)cc2)c1. The van der Waals surface area contributed by atoms with E-state index in [1.54, 1.807) is 17.3 Å². The number of amides is 1. The summed E-state index contributed by atoms with van der Waals surface area (Å²) in [5.41, 5.74) is 3.51. The van der Waals surface area contributed by atoms with E-state index in [1.165, 1.54) is 0 Å². The number of rotatable bonds is 6. The molecule has 2 rings (SSSR count). The average molecular weight is 312 g/mol. The van der Waals surface area contributed by atoms with Crippen LogP contribution in [0.2, 0.25) is 0 Å². The van der Waals surface area contributed by atoms with E-state index in [4.69, 9.17) is 0 Å². The van der Waals surface area contributed by atoms with Gasteiger partial charge in [-0.15, -0.1) is 0 Å². The molecule has 122 valence electrons. The highest BCUT2D eigenvalue weighted by Gasteiger charge is 2.13. The maximum absolute atomic E-state index is 12.4. The van der Waals surface area contributed by atoms with Gasteiger partial charge in [0.2, 0.25) is 0 Å². The summed E-state index contributed by atoms with van der Waals surface area (Å²) in [5.74, 6) is 0.00843. The van der Waals surface area contributed by atoms with Crippen LogP contribution in [-0.4, -0.2) is 43.0 Å². The minimum Gasteiger partial charge on any atom is -0.378 e. The van der Waals surface area contributed by atoms with Crippen LogP contribution < -0.4 is 10.2 Å². The monoisotopic (exact) mass is 312 g/mol. The number of anilines is 3. The summed E-state index contributed by atoms with van der Waals surface area (Å²) in [5, 5.41) is 3.29. The minimum absolute atomic E-state index is 0.00843. The Morgan fingerprint density at radius 3 is 2.26 bits per heavy atom. The first-order valence-corrected chi connectivity index (χ1v) is 7.83. The van der Waals surface area contributed by atoms with Crippen molar-refractivity contribution in [2.45, 2.75) is 13.8 Å². The number of pyridine rings is 1. The van der Waals surface area contributed by atoms with Crippen molar-refractivity contribution in [3.05, 3.63) is 48.3 Å². The minimum atomic E-state index is 0.00843. The van der Waals surface area contributed by atoms with Gasteiger partial charge in [-0.2, -0.15) is 0 Å². The van der Waals surface area contributed by atoms with Crippen molar-refractivity contribution in [2.24, 2.45) is 0 Å². The number of hydrogen-bond acceptors (Lipinski definition) is 4. The van der Waals surface area contributed by atoms with E-state index in [-0.39, 0.29) is 5.91 Å². The van der Waals surface area contributed by atoms with Crippen LogP contribution >= 0.6 is 0 Å². The van der Waals surface area contributed by atoms with Crippen LogP contribution in [0.5, 0.6) is 0 Å². The molecule has 0 aliphatic heterocycles. The molecule has 0 saturated heterocycles. The lowest BCUT2D eigenvalue weighted by Gasteiger charge is -2.18. The van der Waals surface area contributed by atoms with E-state index in [1.807, 2.05) is 58.3 Å². The van der Waals surface area contributed by atoms with Gasteiger partial charge in [-0.05, 0) is 44.2 Å². The number of carbonyl (C=O) groups excluding carboxylic acids is 1. The lowest BCUT2D eigenvalue weighted by atomic mass is 10.2. The van der Waals surface area contributed by atoms with Gasteiger partial charge in [-0.1, -0.05) is 0 Å². The van der Waals surface area contributed by atoms with Crippen molar-refractivity contribution in [1.82, 2.24) is 9.88 Å². The molecule has 23 heavy (non-hydrogen) atoms. The zero-order valence-corrected chi connectivity index (χ0v) is 14.2. The Morgan fingerprint density at radius 2 is 1.70 bits per heavy atom. The number of carbonyl (C=O) groups is 1. The predicted molar refractivity (Wildman–Crippen MR) is 95.5 cm³/mol. The van der Waals surface area contributed by atoms with Gasteiger partial charge < -0.3 is 15.1 Å². The zero-order chi connectivity index (χ0) is 16.8. The summed E-state index contributed by atoms with van der Waals surface area (Å²) < 4.78 is 0. The van der Waals surface area contributed by atoms with Gasteiger partial charge in [0.05, 0.1) is 17.4 Å². The van der Waals surface area contributed by atoms with Gasteiger partial charge in [-0.25, -0.2) is 0 Å². The van der Waals surface area contributed by atoms with Crippen LogP contribution in [0.15, 0.2) is 42.7 Å². The zero-order valence-electron chi connectivity index (χ0n) is 14.2. The lowest BCUT2D eigenvalue weighted by Crippen LogP contribution is -2.30. The molecular weight excluding hydrogens is 288 g/mol. The van der Waals surface area contributed by atoms with Crippen molar-refractivity contribution in [1.29, 1.82) is 0 Å². The average Bonchev–Trinajstić information content (AvgIpc) is 2.56. The third-order valence-electron chi connectivity index (χ3n) is 3.71. The normalized spacial score (nSPS) is 10.3. The Bertz CT molecular complexity index is 648. The Kier molecular flexibility index (Phi) is 5.57. The summed E-state index contributed by atoms with van der Waals surface area (Å²) in [7, 11) is 4.02. The van der Waals surface area contributed by atoms with E-state index in [9.17, 15) is 4.79 Å².